The van der Waals surface area contributed by atoms with Crippen molar-refractivity contribution < 1.29 is 19.0 Å². The molecule has 0 bridgehead atoms. The molecule has 1 fully saturated rings. The average molecular weight is 600 g/mol. The molecule has 0 N–H and O–H groups in total. The van der Waals surface area contributed by atoms with Crippen molar-refractivity contribution in [1.82, 2.24) is 14.7 Å². The number of rotatable bonds is 11. The van der Waals surface area contributed by atoms with E-state index < -0.39 is 0 Å². The Labute approximate surface area is 256 Å². The molecule has 0 aliphatic carbocycles. The van der Waals surface area contributed by atoms with E-state index in [0.29, 0.717) is 40.3 Å². The smallest absolute Gasteiger partial charge is 0.266 e. The van der Waals surface area contributed by atoms with E-state index in [0.717, 1.165) is 45.8 Å². The summed E-state index contributed by atoms with van der Waals surface area (Å²) >= 11 is 6.95. The van der Waals surface area contributed by atoms with Crippen LogP contribution in [0.5, 0.6) is 17.2 Å². The molecule has 9 heteroatoms. The van der Waals surface area contributed by atoms with E-state index in [1.807, 2.05) is 84.5 Å². The first-order chi connectivity index (χ1) is 20.4. The number of carbonyl (C=O) groups is 1. The van der Waals surface area contributed by atoms with E-state index in [-0.39, 0.29) is 5.91 Å². The second kappa shape index (κ2) is 13.3. The number of aromatic nitrogens is 2. The molecule has 1 aliphatic heterocycles. The van der Waals surface area contributed by atoms with Gasteiger partial charge < -0.3 is 14.2 Å². The number of amides is 1. The first kappa shape index (κ1) is 29.4. The van der Waals surface area contributed by atoms with E-state index >= 15 is 0 Å². The molecule has 0 spiro atoms. The van der Waals surface area contributed by atoms with Crippen LogP contribution in [0.15, 0.2) is 77.8 Å². The van der Waals surface area contributed by atoms with Crippen LogP contribution in [-0.2, 0) is 11.2 Å². The molecule has 1 saturated heterocycles. The number of thioether (sulfide) groups is 1. The Kier molecular flexibility index (Phi) is 9.29. The Hall–Kier alpha value is -4.08. The fourth-order valence-electron chi connectivity index (χ4n) is 4.71. The topological polar surface area (TPSA) is 65.8 Å². The maximum Gasteiger partial charge on any atom is 0.266 e. The summed E-state index contributed by atoms with van der Waals surface area (Å²) in [6.07, 6.45) is 5.42. The van der Waals surface area contributed by atoms with Crippen molar-refractivity contribution in [1.29, 1.82) is 0 Å². The molecule has 0 unspecified atom stereocenters. The molecular formula is C33H33N3O4S2. The number of hydrogen-bond acceptors (Lipinski definition) is 7. The van der Waals surface area contributed by atoms with Crippen molar-refractivity contribution >= 4 is 40.3 Å². The normalized spacial score (nSPS) is 14.1. The molecule has 0 radical (unpaired) electrons. The highest BCUT2D eigenvalue weighted by Gasteiger charge is 2.32. The molecule has 2 heterocycles. The van der Waals surface area contributed by atoms with Gasteiger partial charge in [-0.1, -0.05) is 55.2 Å². The van der Waals surface area contributed by atoms with Gasteiger partial charge in [-0.15, -0.1) is 0 Å². The van der Waals surface area contributed by atoms with Gasteiger partial charge in [0.2, 0.25) is 0 Å². The minimum absolute atomic E-state index is 0.108. The lowest BCUT2D eigenvalue weighted by Crippen LogP contribution is -2.30. The van der Waals surface area contributed by atoms with Crippen LogP contribution in [0.4, 0.5) is 0 Å². The second-order valence-electron chi connectivity index (χ2n) is 9.81. The summed E-state index contributed by atoms with van der Waals surface area (Å²) in [6, 6.07) is 21.8. The molecule has 3 aromatic carbocycles. The number of benzene rings is 3. The van der Waals surface area contributed by atoms with Gasteiger partial charge in [0, 0.05) is 23.9 Å². The van der Waals surface area contributed by atoms with Crippen molar-refractivity contribution in [3.8, 4) is 34.2 Å². The number of nitrogens with zero attached hydrogens (tertiary/aromatic N) is 3. The van der Waals surface area contributed by atoms with Crippen molar-refractivity contribution in [2.75, 3.05) is 27.4 Å². The maximum atomic E-state index is 13.5. The summed E-state index contributed by atoms with van der Waals surface area (Å²) in [5.41, 5.74) is 5.55. The molecule has 4 aromatic rings. The highest BCUT2D eigenvalue weighted by atomic mass is 32.2. The van der Waals surface area contributed by atoms with E-state index in [4.69, 9.17) is 31.5 Å². The van der Waals surface area contributed by atoms with Crippen LogP contribution in [0.2, 0.25) is 0 Å². The number of hydrogen-bond donors (Lipinski definition) is 0. The van der Waals surface area contributed by atoms with Gasteiger partial charge in [-0.2, -0.15) is 5.10 Å². The van der Waals surface area contributed by atoms with Crippen molar-refractivity contribution in [2.24, 2.45) is 0 Å². The van der Waals surface area contributed by atoms with Gasteiger partial charge in [0.05, 0.1) is 31.4 Å². The standard InChI is InChI=1S/C33H33N3O4S2/c1-5-17-40-27-14-12-24(18-22(27)2)31-25(21-36(34-31)26-9-7-6-8-10-26)20-30-32(37)35(33(41)42-30)16-15-23-11-13-28(38-3)29(19-23)39-4/h6-14,18-21H,5,15-17H2,1-4H3/b30-20-. The number of methoxy groups -OCH3 is 2. The largest absolute Gasteiger partial charge is 0.493 e. The number of thiocarbonyl (C=S) groups is 1. The van der Waals surface area contributed by atoms with E-state index in [1.54, 1.807) is 19.1 Å². The van der Waals surface area contributed by atoms with E-state index in [9.17, 15) is 4.79 Å². The first-order valence-corrected chi connectivity index (χ1v) is 15.0. The molecule has 1 amide bonds. The molecule has 7 nitrogen and oxygen atoms in total. The zero-order valence-corrected chi connectivity index (χ0v) is 25.8. The SMILES string of the molecule is CCCOc1ccc(-c2nn(-c3ccccc3)cc2/C=C2\SC(=S)N(CCc3ccc(OC)c(OC)c3)C2=O)cc1C. The van der Waals surface area contributed by atoms with Crippen molar-refractivity contribution in [2.45, 2.75) is 26.7 Å². The van der Waals surface area contributed by atoms with Gasteiger partial charge in [0.1, 0.15) is 15.8 Å². The number of para-hydroxylation sites is 1. The average Bonchev–Trinajstić information content (AvgIpc) is 3.55. The summed E-state index contributed by atoms with van der Waals surface area (Å²) in [7, 11) is 3.22. The summed E-state index contributed by atoms with van der Waals surface area (Å²) in [5, 5.41) is 4.94. The molecule has 0 saturated carbocycles. The lowest BCUT2D eigenvalue weighted by molar-refractivity contribution is -0.122. The molecule has 1 aliphatic rings. The monoisotopic (exact) mass is 599 g/mol. The van der Waals surface area contributed by atoms with Crippen LogP contribution in [0.3, 0.4) is 0 Å². The molecule has 0 atom stereocenters. The van der Waals surface area contributed by atoms with Crippen LogP contribution in [-0.4, -0.2) is 52.3 Å². The summed E-state index contributed by atoms with van der Waals surface area (Å²) in [4.78, 5) is 15.8. The maximum absolute atomic E-state index is 13.5. The van der Waals surface area contributed by atoms with Crippen LogP contribution < -0.4 is 14.2 Å². The fraction of sp³-hybridized carbons (Fsp3) is 0.242. The lowest BCUT2D eigenvalue weighted by atomic mass is 10.0. The van der Waals surface area contributed by atoms with E-state index in [2.05, 4.69) is 13.0 Å². The first-order valence-electron chi connectivity index (χ1n) is 13.8. The summed E-state index contributed by atoms with van der Waals surface area (Å²) < 4.78 is 19.0. The molecular weight excluding hydrogens is 567 g/mol. The van der Waals surface area contributed by atoms with Crippen LogP contribution in [0.25, 0.3) is 23.0 Å². The number of ether oxygens (including phenoxy) is 3. The fourth-order valence-corrected chi connectivity index (χ4v) is 6.01. The van der Waals surface area contributed by atoms with Crippen LogP contribution in [0.1, 0.15) is 30.0 Å². The predicted molar refractivity (Wildman–Crippen MR) is 173 cm³/mol. The second-order valence-corrected chi connectivity index (χ2v) is 11.5. The van der Waals surface area contributed by atoms with Gasteiger partial charge in [-0.05, 0) is 79.4 Å². The van der Waals surface area contributed by atoms with Crippen molar-refractivity contribution in [3.63, 3.8) is 0 Å². The van der Waals surface area contributed by atoms with Gasteiger partial charge in [0.15, 0.2) is 11.5 Å². The Morgan fingerprint density at radius 3 is 2.45 bits per heavy atom. The third-order valence-corrected chi connectivity index (χ3v) is 8.28. The van der Waals surface area contributed by atoms with Crippen LogP contribution >= 0.6 is 24.0 Å². The number of aryl methyl sites for hydroxylation is 1. The Balaban J connectivity index is 1.43. The highest BCUT2D eigenvalue weighted by Crippen LogP contribution is 2.36. The predicted octanol–water partition coefficient (Wildman–Crippen LogP) is 7.10. The summed E-state index contributed by atoms with van der Waals surface area (Å²) in [6.45, 7) is 5.25. The minimum Gasteiger partial charge on any atom is -0.493 e. The molecule has 42 heavy (non-hydrogen) atoms. The molecule has 216 valence electrons. The molecule has 5 rings (SSSR count). The Bertz CT molecular complexity index is 1630. The number of carbonyl (C=O) groups excluding carboxylic acids is 1. The third-order valence-electron chi connectivity index (χ3n) is 6.91. The summed E-state index contributed by atoms with van der Waals surface area (Å²) in [5.74, 6) is 2.08. The Morgan fingerprint density at radius 2 is 1.74 bits per heavy atom. The van der Waals surface area contributed by atoms with Gasteiger partial charge >= 0.3 is 0 Å². The van der Waals surface area contributed by atoms with Crippen LogP contribution in [0, 0.1) is 6.92 Å². The quantitative estimate of drug-likeness (QED) is 0.135. The van der Waals surface area contributed by atoms with Crippen molar-refractivity contribution in [3.05, 3.63) is 94.5 Å². The molecule has 1 aromatic heterocycles. The lowest BCUT2D eigenvalue weighted by Gasteiger charge is -2.15. The highest BCUT2D eigenvalue weighted by molar-refractivity contribution is 8.26. The minimum atomic E-state index is -0.108. The van der Waals surface area contributed by atoms with Gasteiger partial charge in [-0.25, -0.2) is 4.68 Å². The van der Waals surface area contributed by atoms with E-state index in [1.165, 1.54) is 11.8 Å². The third kappa shape index (κ3) is 6.37. The zero-order chi connectivity index (χ0) is 29.6. The zero-order valence-electron chi connectivity index (χ0n) is 24.1. The Morgan fingerprint density at radius 1 is 0.976 bits per heavy atom. The van der Waals surface area contributed by atoms with Gasteiger partial charge in [0.25, 0.3) is 5.91 Å². The van der Waals surface area contributed by atoms with Gasteiger partial charge in [-0.3, -0.25) is 9.69 Å².